The molecule has 0 aliphatic carbocycles. The summed E-state index contributed by atoms with van der Waals surface area (Å²) in [4.78, 5) is 34.5. The fourth-order valence-corrected chi connectivity index (χ4v) is 7.73. The SMILES string of the molecule is CCN(CC)c1ccc2c(c1)Oc1cc(N(CC)CC)ccc1C21c2ccccc2C(=O)N1CCNC(=O)c1cc2ccccc2cc1N. The van der Waals surface area contributed by atoms with E-state index in [4.69, 9.17) is 10.5 Å². The zero-order chi connectivity index (χ0) is 34.3. The van der Waals surface area contributed by atoms with Gasteiger partial charge in [0.2, 0.25) is 0 Å². The van der Waals surface area contributed by atoms with Gasteiger partial charge in [-0.05, 0) is 74.4 Å². The van der Waals surface area contributed by atoms with E-state index >= 15 is 0 Å². The minimum Gasteiger partial charge on any atom is -0.456 e. The number of nitrogens with one attached hydrogen (secondary N) is 1. The van der Waals surface area contributed by atoms with Crippen LogP contribution in [-0.4, -0.2) is 56.0 Å². The molecular formula is C41H43N5O3. The third-order valence-corrected chi connectivity index (χ3v) is 10.2. The molecule has 0 radical (unpaired) electrons. The molecular weight excluding hydrogens is 610 g/mol. The molecule has 49 heavy (non-hydrogen) atoms. The Hall–Kier alpha value is -5.50. The monoisotopic (exact) mass is 653 g/mol. The first-order valence-corrected chi connectivity index (χ1v) is 17.3. The molecule has 2 aliphatic heterocycles. The molecule has 2 amide bonds. The van der Waals surface area contributed by atoms with E-state index in [1.807, 2.05) is 59.5 Å². The smallest absolute Gasteiger partial charge is 0.255 e. The first-order chi connectivity index (χ1) is 23.8. The zero-order valence-electron chi connectivity index (χ0n) is 28.6. The maximum absolute atomic E-state index is 14.5. The van der Waals surface area contributed by atoms with E-state index in [1.54, 1.807) is 0 Å². The van der Waals surface area contributed by atoms with Crippen LogP contribution in [0.25, 0.3) is 10.8 Å². The molecule has 0 fully saturated rings. The van der Waals surface area contributed by atoms with Crippen LogP contribution in [0.5, 0.6) is 11.5 Å². The third-order valence-electron chi connectivity index (χ3n) is 10.2. The quantitative estimate of drug-likeness (QED) is 0.153. The Morgan fingerprint density at radius 2 is 1.29 bits per heavy atom. The molecule has 5 aromatic rings. The molecule has 0 saturated carbocycles. The number of nitrogens with two attached hydrogens (primary N) is 1. The Balaban J connectivity index is 1.33. The van der Waals surface area contributed by atoms with Crippen LogP contribution < -0.4 is 25.6 Å². The predicted octanol–water partition coefficient (Wildman–Crippen LogP) is 7.40. The molecule has 8 heteroatoms. The lowest BCUT2D eigenvalue weighted by atomic mass is 9.74. The number of rotatable bonds is 10. The Labute approximate surface area is 288 Å². The highest BCUT2D eigenvalue weighted by molar-refractivity contribution is 6.04. The van der Waals surface area contributed by atoms with E-state index in [-0.39, 0.29) is 24.9 Å². The van der Waals surface area contributed by atoms with Gasteiger partial charge in [0, 0.05) is 85.2 Å². The van der Waals surface area contributed by atoms with Crippen molar-refractivity contribution < 1.29 is 14.3 Å². The van der Waals surface area contributed by atoms with Crippen molar-refractivity contribution in [3.63, 3.8) is 0 Å². The van der Waals surface area contributed by atoms with E-state index < -0.39 is 5.54 Å². The maximum Gasteiger partial charge on any atom is 0.255 e. The number of nitrogen functional groups attached to an aromatic ring is 1. The van der Waals surface area contributed by atoms with E-state index in [0.717, 1.165) is 76.5 Å². The Bertz CT molecular complexity index is 2010. The van der Waals surface area contributed by atoms with Gasteiger partial charge in [0.25, 0.3) is 11.8 Å². The minimum absolute atomic E-state index is 0.0884. The van der Waals surface area contributed by atoms with E-state index in [0.29, 0.717) is 16.8 Å². The first-order valence-electron chi connectivity index (χ1n) is 17.3. The van der Waals surface area contributed by atoms with Crippen LogP contribution >= 0.6 is 0 Å². The summed E-state index contributed by atoms with van der Waals surface area (Å²) < 4.78 is 6.80. The second kappa shape index (κ2) is 12.8. The molecule has 2 heterocycles. The highest BCUT2D eigenvalue weighted by atomic mass is 16.5. The third kappa shape index (κ3) is 5.14. The first kappa shape index (κ1) is 32.1. The van der Waals surface area contributed by atoms with Crippen LogP contribution in [0.2, 0.25) is 0 Å². The summed E-state index contributed by atoms with van der Waals surface area (Å²) >= 11 is 0. The summed E-state index contributed by atoms with van der Waals surface area (Å²) in [5.41, 5.74) is 11.7. The van der Waals surface area contributed by atoms with Crippen LogP contribution in [0.4, 0.5) is 17.1 Å². The van der Waals surface area contributed by atoms with Crippen LogP contribution in [0.3, 0.4) is 0 Å². The highest BCUT2D eigenvalue weighted by Crippen LogP contribution is 2.58. The summed E-state index contributed by atoms with van der Waals surface area (Å²) in [5, 5.41) is 4.99. The van der Waals surface area contributed by atoms with Crippen molar-refractivity contribution in [1.29, 1.82) is 0 Å². The van der Waals surface area contributed by atoms with E-state index in [2.05, 4.69) is 85.3 Å². The van der Waals surface area contributed by atoms with Gasteiger partial charge >= 0.3 is 0 Å². The minimum atomic E-state index is -0.965. The van der Waals surface area contributed by atoms with Gasteiger partial charge < -0.3 is 30.5 Å². The summed E-state index contributed by atoms with van der Waals surface area (Å²) in [6.07, 6.45) is 0. The number of hydrogen-bond donors (Lipinski definition) is 2. The van der Waals surface area contributed by atoms with Crippen molar-refractivity contribution in [1.82, 2.24) is 10.2 Å². The normalized spacial score (nSPS) is 13.9. The molecule has 7 rings (SSSR count). The number of carbonyl (C=O) groups excluding carboxylic acids is 2. The molecule has 5 aromatic carbocycles. The predicted molar refractivity (Wildman–Crippen MR) is 198 cm³/mol. The standard InChI is InChI=1S/C41H43N5O3/c1-5-44(6-2)29-17-19-34-37(25-29)49-38-26-30(45(7-3)8-4)18-20-35(38)41(34)33-16-12-11-15-31(33)40(48)46(41)22-21-43-39(47)32-23-27-13-9-10-14-28(27)24-36(32)42/h9-20,23-26H,5-8,21-22,42H2,1-4H3,(H,43,47). The second-order valence-electron chi connectivity index (χ2n) is 12.6. The maximum atomic E-state index is 14.5. The molecule has 2 aliphatic rings. The van der Waals surface area contributed by atoms with E-state index in [9.17, 15) is 9.59 Å². The van der Waals surface area contributed by atoms with Gasteiger partial charge in [-0.3, -0.25) is 9.59 Å². The summed E-state index contributed by atoms with van der Waals surface area (Å²) in [5.74, 6) is 1.07. The van der Waals surface area contributed by atoms with Crippen molar-refractivity contribution in [2.45, 2.75) is 33.2 Å². The molecule has 250 valence electrons. The van der Waals surface area contributed by atoms with Crippen molar-refractivity contribution in [2.75, 3.05) is 54.8 Å². The van der Waals surface area contributed by atoms with Gasteiger partial charge in [0.05, 0.1) is 5.56 Å². The Morgan fingerprint density at radius 3 is 1.88 bits per heavy atom. The Kier molecular flexibility index (Phi) is 8.40. The Morgan fingerprint density at radius 1 is 0.735 bits per heavy atom. The molecule has 0 aromatic heterocycles. The number of carbonyl (C=O) groups is 2. The van der Waals surface area contributed by atoms with Crippen molar-refractivity contribution in [2.24, 2.45) is 0 Å². The fraction of sp³-hybridized carbons (Fsp3) is 0.268. The van der Waals surface area contributed by atoms with Crippen LogP contribution in [0, 0.1) is 0 Å². The lowest BCUT2D eigenvalue weighted by molar-refractivity contribution is 0.0660. The molecule has 1 spiro atoms. The van der Waals surface area contributed by atoms with Gasteiger partial charge in [0.1, 0.15) is 17.0 Å². The molecule has 0 bridgehead atoms. The van der Waals surface area contributed by atoms with Crippen LogP contribution in [0.1, 0.15) is 65.1 Å². The average Bonchev–Trinajstić information content (AvgIpc) is 3.36. The van der Waals surface area contributed by atoms with Crippen molar-refractivity contribution >= 4 is 39.6 Å². The van der Waals surface area contributed by atoms with Gasteiger partial charge in [-0.15, -0.1) is 0 Å². The zero-order valence-corrected chi connectivity index (χ0v) is 28.6. The van der Waals surface area contributed by atoms with Crippen molar-refractivity contribution in [3.05, 3.63) is 125 Å². The summed E-state index contributed by atoms with van der Waals surface area (Å²) in [6.45, 7) is 12.5. The number of anilines is 3. The summed E-state index contributed by atoms with van der Waals surface area (Å²) in [7, 11) is 0. The number of hydrogen-bond acceptors (Lipinski definition) is 6. The lowest BCUT2D eigenvalue weighted by Crippen LogP contribution is -2.50. The molecule has 3 N–H and O–H groups in total. The van der Waals surface area contributed by atoms with Crippen LogP contribution in [0.15, 0.2) is 97.1 Å². The van der Waals surface area contributed by atoms with Gasteiger partial charge in [0.15, 0.2) is 0 Å². The highest BCUT2D eigenvalue weighted by Gasteiger charge is 2.56. The molecule has 0 saturated heterocycles. The van der Waals surface area contributed by atoms with Gasteiger partial charge in [-0.25, -0.2) is 0 Å². The van der Waals surface area contributed by atoms with E-state index in [1.165, 1.54) is 0 Å². The second-order valence-corrected chi connectivity index (χ2v) is 12.6. The van der Waals surface area contributed by atoms with Crippen LogP contribution in [-0.2, 0) is 5.54 Å². The van der Waals surface area contributed by atoms with Gasteiger partial charge in [-0.1, -0.05) is 54.6 Å². The number of benzene rings is 5. The number of nitrogens with zero attached hydrogens (tertiary/aromatic N) is 3. The largest absolute Gasteiger partial charge is 0.456 e. The number of ether oxygens (including phenoxy) is 1. The summed E-state index contributed by atoms with van der Waals surface area (Å²) in [6, 6.07) is 32.0. The number of amides is 2. The molecule has 8 nitrogen and oxygen atoms in total. The number of fused-ring (bicyclic) bond motifs is 7. The lowest BCUT2D eigenvalue weighted by Gasteiger charge is -2.45. The van der Waals surface area contributed by atoms with Crippen molar-refractivity contribution in [3.8, 4) is 11.5 Å². The fourth-order valence-electron chi connectivity index (χ4n) is 7.73. The molecule has 0 atom stereocenters. The van der Waals surface area contributed by atoms with Gasteiger partial charge in [-0.2, -0.15) is 0 Å². The molecule has 0 unspecified atom stereocenters. The average molecular weight is 654 g/mol. The topological polar surface area (TPSA) is 91.1 Å².